The Morgan fingerprint density at radius 1 is 1.11 bits per heavy atom. The minimum absolute atomic E-state index is 0. The summed E-state index contributed by atoms with van der Waals surface area (Å²) in [7, 11) is 0. The number of hydrogen-bond acceptors (Lipinski definition) is 2. The number of piperidine rings is 1. The maximum atomic E-state index is 13.3. The topological polar surface area (TPSA) is 20.3 Å². The molecule has 0 N–H and O–H groups in total. The molecular weight excluding hydrogens is 361 g/mol. The zero-order valence-corrected chi connectivity index (χ0v) is 16.3. The van der Waals surface area contributed by atoms with Crippen molar-refractivity contribution in [3.63, 3.8) is 0 Å². The third-order valence-corrected chi connectivity index (χ3v) is 5.33. The number of nitrogens with zero attached hydrogens (tertiary/aromatic N) is 1. The van der Waals surface area contributed by atoms with Gasteiger partial charge in [0.2, 0.25) is 0 Å². The van der Waals surface area contributed by atoms with Gasteiger partial charge in [-0.3, -0.25) is 9.69 Å². The van der Waals surface area contributed by atoms with Gasteiger partial charge in [0.15, 0.2) is 5.78 Å². The molecule has 3 rings (SSSR count). The van der Waals surface area contributed by atoms with E-state index < -0.39 is 0 Å². The summed E-state index contributed by atoms with van der Waals surface area (Å²) in [5.41, 5.74) is 2.39. The number of likely N-dealkylation sites (tertiary alicyclic amines) is 1. The standard InChI is InChI=1S/C23H26FNO.ClH/c1-2-22(26)17-23(20-8-10-21(24)11-9-20)25-14-12-19(13-15-25)16-18-6-4-3-5-7-18;/h2-11,19,23H,1,12-17H2;1H/t23-;/m0./s1. The predicted octanol–water partition coefficient (Wildman–Crippen LogP) is 5.39. The highest BCUT2D eigenvalue weighted by Gasteiger charge is 2.27. The summed E-state index contributed by atoms with van der Waals surface area (Å²) in [6, 6.07) is 17.2. The number of carbonyl (C=O) groups excluding carboxylic acids is 1. The van der Waals surface area contributed by atoms with Crippen molar-refractivity contribution in [2.24, 2.45) is 5.92 Å². The van der Waals surface area contributed by atoms with Crippen LogP contribution < -0.4 is 0 Å². The summed E-state index contributed by atoms with van der Waals surface area (Å²) < 4.78 is 13.3. The lowest BCUT2D eigenvalue weighted by molar-refractivity contribution is -0.116. The zero-order valence-electron chi connectivity index (χ0n) is 15.5. The summed E-state index contributed by atoms with van der Waals surface area (Å²) >= 11 is 0. The number of benzene rings is 2. The van der Waals surface area contributed by atoms with Crippen molar-refractivity contribution in [2.75, 3.05) is 13.1 Å². The average Bonchev–Trinajstić information content (AvgIpc) is 2.68. The van der Waals surface area contributed by atoms with Crippen LogP contribution in [0.3, 0.4) is 0 Å². The monoisotopic (exact) mass is 387 g/mol. The third-order valence-electron chi connectivity index (χ3n) is 5.33. The van der Waals surface area contributed by atoms with E-state index >= 15 is 0 Å². The van der Waals surface area contributed by atoms with Crippen LogP contribution in [0.2, 0.25) is 0 Å². The molecule has 0 aromatic heterocycles. The maximum absolute atomic E-state index is 13.3. The second kappa shape index (κ2) is 10.4. The second-order valence-corrected chi connectivity index (χ2v) is 7.11. The van der Waals surface area contributed by atoms with Crippen LogP contribution in [-0.4, -0.2) is 23.8 Å². The highest BCUT2D eigenvalue weighted by molar-refractivity contribution is 5.89. The van der Waals surface area contributed by atoms with Gasteiger partial charge in [0.1, 0.15) is 5.82 Å². The van der Waals surface area contributed by atoms with Gasteiger partial charge in [0.05, 0.1) is 0 Å². The Hall–Kier alpha value is -1.97. The first-order chi connectivity index (χ1) is 12.7. The molecule has 0 saturated carbocycles. The number of hydrogen-bond donors (Lipinski definition) is 0. The molecule has 1 aliphatic heterocycles. The first kappa shape index (κ1) is 21.3. The minimum atomic E-state index is -0.246. The summed E-state index contributed by atoms with van der Waals surface area (Å²) in [5.74, 6) is 0.465. The van der Waals surface area contributed by atoms with Gasteiger partial charge in [-0.1, -0.05) is 49.0 Å². The molecule has 1 saturated heterocycles. The lowest BCUT2D eigenvalue weighted by Gasteiger charge is -2.37. The fourth-order valence-corrected chi connectivity index (χ4v) is 3.83. The molecule has 27 heavy (non-hydrogen) atoms. The molecule has 0 spiro atoms. The Morgan fingerprint density at radius 3 is 2.33 bits per heavy atom. The van der Waals surface area contributed by atoms with Crippen molar-refractivity contribution in [1.29, 1.82) is 0 Å². The van der Waals surface area contributed by atoms with Gasteiger partial charge < -0.3 is 0 Å². The van der Waals surface area contributed by atoms with E-state index in [1.807, 2.05) is 0 Å². The van der Waals surface area contributed by atoms with Crippen LogP contribution in [0, 0.1) is 11.7 Å². The first-order valence-corrected chi connectivity index (χ1v) is 9.34. The molecule has 1 aliphatic rings. The molecule has 0 bridgehead atoms. The van der Waals surface area contributed by atoms with E-state index in [1.165, 1.54) is 23.8 Å². The SMILES string of the molecule is C=CC(=O)C[C@@H](c1ccc(F)cc1)N1CCC(Cc2ccccc2)CC1.Cl. The van der Waals surface area contributed by atoms with Crippen LogP contribution in [0.4, 0.5) is 4.39 Å². The predicted molar refractivity (Wildman–Crippen MR) is 111 cm³/mol. The van der Waals surface area contributed by atoms with Crippen molar-refractivity contribution in [1.82, 2.24) is 4.90 Å². The Kier molecular flexibility index (Phi) is 8.21. The molecular formula is C23H27ClFNO. The zero-order chi connectivity index (χ0) is 18.4. The van der Waals surface area contributed by atoms with Crippen molar-refractivity contribution in [3.05, 3.63) is 84.2 Å². The van der Waals surface area contributed by atoms with Crippen LogP contribution in [-0.2, 0) is 11.2 Å². The van der Waals surface area contributed by atoms with E-state index in [2.05, 4.69) is 41.8 Å². The van der Waals surface area contributed by atoms with Crippen molar-refractivity contribution >= 4 is 18.2 Å². The van der Waals surface area contributed by atoms with Gasteiger partial charge in [-0.05, 0) is 67.6 Å². The third kappa shape index (κ3) is 6.02. The average molecular weight is 388 g/mol. The molecule has 4 heteroatoms. The molecule has 0 unspecified atom stereocenters. The van der Waals surface area contributed by atoms with Crippen LogP contribution in [0.15, 0.2) is 67.3 Å². The molecule has 0 amide bonds. The van der Waals surface area contributed by atoms with Gasteiger partial charge in [-0.2, -0.15) is 0 Å². The fourth-order valence-electron chi connectivity index (χ4n) is 3.83. The maximum Gasteiger partial charge on any atom is 0.157 e. The molecule has 0 radical (unpaired) electrons. The molecule has 1 heterocycles. The molecule has 1 fully saturated rings. The number of halogens is 2. The molecule has 0 aliphatic carbocycles. The summed E-state index contributed by atoms with van der Waals surface area (Å²) in [6.07, 6.45) is 5.14. The Morgan fingerprint density at radius 2 is 1.74 bits per heavy atom. The quantitative estimate of drug-likeness (QED) is 0.594. The van der Waals surface area contributed by atoms with E-state index in [9.17, 15) is 9.18 Å². The summed E-state index contributed by atoms with van der Waals surface area (Å²) in [4.78, 5) is 14.4. The van der Waals surface area contributed by atoms with E-state index in [1.54, 1.807) is 12.1 Å². The van der Waals surface area contributed by atoms with E-state index in [0.717, 1.165) is 37.9 Å². The van der Waals surface area contributed by atoms with E-state index in [0.29, 0.717) is 12.3 Å². The fraction of sp³-hybridized carbons (Fsp3) is 0.348. The highest BCUT2D eigenvalue weighted by Crippen LogP contribution is 2.31. The number of ketones is 1. The number of allylic oxidation sites excluding steroid dienone is 1. The van der Waals surface area contributed by atoms with Crippen molar-refractivity contribution < 1.29 is 9.18 Å². The van der Waals surface area contributed by atoms with Gasteiger partial charge in [-0.15, -0.1) is 12.4 Å². The Labute approximate surface area is 167 Å². The van der Waals surface area contributed by atoms with E-state index in [4.69, 9.17) is 0 Å². The van der Waals surface area contributed by atoms with Crippen LogP contribution >= 0.6 is 12.4 Å². The molecule has 2 aromatic rings. The largest absolute Gasteiger partial charge is 0.296 e. The van der Waals surface area contributed by atoms with Gasteiger partial charge in [0, 0.05) is 12.5 Å². The van der Waals surface area contributed by atoms with Gasteiger partial charge in [0.25, 0.3) is 0 Å². The van der Waals surface area contributed by atoms with Gasteiger partial charge in [-0.25, -0.2) is 4.39 Å². The normalized spacial score (nSPS) is 16.3. The summed E-state index contributed by atoms with van der Waals surface area (Å²) in [5, 5.41) is 0. The molecule has 2 nitrogen and oxygen atoms in total. The highest BCUT2D eigenvalue weighted by atomic mass is 35.5. The van der Waals surface area contributed by atoms with Crippen LogP contribution in [0.5, 0.6) is 0 Å². The molecule has 2 aromatic carbocycles. The lowest BCUT2D eigenvalue weighted by atomic mass is 9.88. The smallest absolute Gasteiger partial charge is 0.157 e. The van der Waals surface area contributed by atoms with Crippen molar-refractivity contribution in [2.45, 2.75) is 31.7 Å². The van der Waals surface area contributed by atoms with Crippen LogP contribution in [0.1, 0.15) is 36.4 Å². The minimum Gasteiger partial charge on any atom is -0.296 e. The van der Waals surface area contributed by atoms with Crippen molar-refractivity contribution in [3.8, 4) is 0 Å². The van der Waals surface area contributed by atoms with E-state index in [-0.39, 0.29) is 30.0 Å². The Balaban J connectivity index is 0.00000261. The van der Waals surface area contributed by atoms with Crippen LogP contribution in [0.25, 0.3) is 0 Å². The second-order valence-electron chi connectivity index (χ2n) is 7.11. The number of rotatable bonds is 7. The first-order valence-electron chi connectivity index (χ1n) is 9.34. The molecule has 144 valence electrons. The molecule has 1 atom stereocenters. The lowest BCUT2D eigenvalue weighted by Crippen LogP contribution is -2.38. The number of carbonyl (C=O) groups is 1. The Bertz CT molecular complexity index is 724. The van der Waals surface area contributed by atoms with Gasteiger partial charge >= 0.3 is 0 Å². The summed E-state index contributed by atoms with van der Waals surface area (Å²) in [6.45, 7) is 5.52.